The highest BCUT2D eigenvalue weighted by molar-refractivity contribution is 6.21. The third kappa shape index (κ3) is 2.14. The quantitative estimate of drug-likeness (QED) is 0.626. The number of allylic oxidation sites excluding steroid dienone is 1. The van der Waals surface area contributed by atoms with Crippen LogP contribution in [0.4, 0.5) is 0 Å². The normalized spacial score (nSPS) is 14.3. The van der Waals surface area contributed by atoms with Crippen LogP contribution in [-0.2, 0) is 6.54 Å². The third-order valence-electron chi connectivity index (χ3n) is 3.18. The summed E-state index contributed by atoms with van der Waals surface area (Å²) in [4.78, 5) is 25.4. The van der Waals surface area contributed by atoms with Gasteiger partial charge in [-0.05, 0) is 18.2 Å². The first-order valence-electron chi connectivity index (χ1n) is 6.35. The fourth-order valence-electron chi connectivity index (χ4n) is 2.18. The molecule has 0 radical (unpaired) electrons. The Labute approximate surface area is 116 Å². The zero-order chi connectivity index (χ0) is 13.9. The Balaban J connectivity index is 1.66. The van der Waals surface area contributed by atoms with Crippen molar-refractivity contribution in [3.63, 3.8) is 0 Å². The first kappa shape index (κ1) is 12.3. The standard InChI is InChI=1S/C15H13N3O2/c19-14-12-6-1-2-7-13(12)15(20)18(14)11-4-3-9-17-10-5-8-16-17/h1-8,10H,9,11H2. The van der Waals surface area contributed by atoms with Crippen molar-refractivity contribution in [3.8, 4) is 0 Å². The molecule has 3 rings (SSSR count). The molecule has 0 fully saturated rings. The second-order valence-electron chi connectivity index (χ2n) is 4.47. The Morgan fingerprint density at radius 3 is 2.20 bits per heavy atom. The number of imide groups is 1. The molecule has 100 valence electrons. The number of benzene rings is 1. The molecule has 0 saturated heterocycles. The van der Waals surface area contributed by atoms with E-state index in [0.717, 1.165) is 0 Å². The third-order valence-corrected chi connectivity index (χ3v) is 3.18. The van der Waals surface area contributed by atoms with E-state index >= 15 is 0 Å². The molecule has 0 saturated carbocycles. The van der Waals surface area contributed by atoms with Crippen molar-refractivity contribution in [3.05, 3.63) is 66.0 Å². The number of carbonyl (C=O) groups excluding carboxylic acids is 2. The van der Waals surface area contributed by atoms with Crippen LogP contribution in [0.3, 0.4) is 0 Å². The summed E-state index contributed by atoms with van der Waals surface area (Å²) in [6, 6.07) is 8.74. The van der Waals surface area contributed by atoms with Crippen molar-refractivity contribution in [2.75, 3.05) is 6.54 Å². The van der Waals surface area contributed by atoms with Crippen LogP contribution in [0.2, 0.25) is 0 Å². The van der Waals surface area contributed by atoms with E-state index in [1.165, 1.54) is 4.90 Å². The molecule has 5 nitrogen and oxygen atoms in total. The van der Waals surface area contributed by atoms with Crippen molar-refractivity contribution >= 4 is 11.8 Å². The lowest BCUT2D eigenvalue weighted by Gasteiger charge is -2.10. The maximum atomic E-state index is 12.1. The predicted octanol–water partition coefficient (Wildman–Crippen LogP) is 1.74. The summed E-state index contributed by atoms with van der Waals surface area (Å²) in [5, 5.41) is 4.07. The summed E-state index contributed by atoms with van der Waals surface area (Å²) in [5.41, 5.74) is 0.968. The van der Waals surface area contributed by atoms with E-state index in [0.29, 0.717) is 17.7 Å². The number of amides is 2. The lowest BCUT2D eigenvalue weighted by molar-refractivity contribution is 0.0672. The lowest BCUT2D eigenvalue weighted by atomic mass is 10.1. The number of nitrogens with zero attached hydrogens (tertiary/aromatic N) is 3. The highest BCUT2D eigenvalue weighted by atomic mass is 16.2. The van der Waals surface area contributed by atoms with Crippen molar-refractivity contribution in [1.82, 2.24) is 14.7 Å². The molecule has 2 aromatic rings. The molecule has 0 spiro atoms. The highest BCUT2D eigenvalue weighted by Crippen LogP contribution is 2.21. The van der Waals surface area contributed by atoms with E-state index in [9.17, 15) is 9.59 Å². The molecule has 0 aliphatic carbocycles. The number of rotatable bonds is 4. The van der Waals surface area contributed by atoms with Crippen LogP contribution < -0.4 is 0 Å². The number of carbonyl (C=O) groups is 2. The van der Waals surface area contributed by atoms with Gasteiger partial charge in [-0.1, -0.05) is 24.3 Å². The molecule has 1 aliphatic rings. The summed E-state index contributed by atoms with van der Waals surface area (Å²) < 4.78 is 1.76. The van der Waals surface area contributed by atoms with Crippen molar-refractivity contribution in [1.29, 1.82) is 0 Å². The number of hydrogen-bond donors (Lipinski definition) is 0. The summed E-state index contributed by atoms with van der Waals surface area (Å²) in [6.07, 6.45) is 7.25. The van der Waals surface area contributed by atoms with Gasteiger partial charge in [-0.3, -0.25) is 19.2 Å². The Hall–Kier alpha value is -2.69. The van der Waals surface area contributed by atoms with Crippen LogP contribution in [0.15, 0.2) is 54.9 Å². The summed E-state index contributed by atoms with van der Waals surface area (Å²) in [6.45, 7) is 0.907. The smallest absolute Gasteiger partial charge is 0.261 e. The van der Waals surface area contributed by atoms with Gasteiger partial charge in [-0.15, -0.1) is 0 Å². The maximum Gasteiger partial charge on any atom is 0.261 e. The van der Waals surface area contributed by atoms with Crippen molar-refractivity contribution in [2.24, 2.45) is 0 Å². The van der Waals surface area contributed by atoms with Crippen molar-refractivity contribution in [2.45, 2.75) is 6.54 Å². The second kappa shape index (κ2) is 5.13. The fourth-order valence-corrected chi connectivity index (χ4v) is 2.18. The van der Waals surface area contributed by atoms with Crippen LogP contribution in [0.1, 0.15) is 20.7 Å². The monoisotopic (exact) mass is 267 g/mol. The molecular formula is C15H13N3O2. The topological polar surface area (TPSA) is 55.2 Å². The van der Waals surface area contributed by atoms with E-state index in [2.05, 4.69) is 5.10 Å². The molecule has 20 heavy (non-hydrogen) atoms. The molecular weight excluding hydrogens is 254 g/mol. The summed E-state index contributed by atoms with van der Waals surface area (Å²) >= 11 is 0. The zero-order valence-electron chi connectivity index (χ0n) is 10.8. The van der Waals surface area contributed by atoms with E-state index in [1.807, 2.05) is 24.4 Å². The minimum Gasteiger partial charge on any atom is -0.270 e. The van der Waals surface area contributed by atoms with Gasteiger partial charge in [0.25, 0.3) is 11.8 Å². The van der Waals surface area contributed by atoms with Gasteiger partial charge in [0.2, 0.25) is 0 Å². The first-order chi connectivity index (χ1) is 9.77. The van der Waals surface area contributed by atoms with Crippen molar-refractivity contribution < 1.29 is 9.59 Å². The molecule has 1 aromatic heterocycles. The Morgan fingerprint density at radius 1 is 0.950 bits per heavy atom. The minimum absolute atomic E-state index is 0.227. The molecule has 0 unspecified atom stereocenters. The van der Waals surface area contributed by atoms with Gasteiger partial charge in [0.1, 0.15) is 0 Å². The summed E-state index contributed by atoms with van der Waals surface area (Å²) in [7, 11) is 0. The summed E-state index contributed by atoms with van der Waals surface area (Å²) in [5.74, 6) is -0.455. The van der Waals surface area contributed by atoms with Gasteiger partial charge in [0, 0.05) is 18.9 Å². The maximum absolute atomic E-state index is 12.1. The molecule has 2 amide bonds. The van der Waals surface area contributed by atoms with Gasteiger partial charge in [0.15, 0.2) is 0 Å². The molecule has 2 heterocycles. The molecule has 0 N–H and O–H groups in total. The van der Waals surface area contributed by atoms with Gasteiger partial charge < -0.3 is 0 Å². The van der Waals surface area contributed by atoms with E-state index in [-0.39, 0.29) is 18.4 Å². The molecule has 0 atom stereocenters. The second-order valence-corrected chi connectivity index (χ2v) is 4.47. The van der Waals surface area contributed by atoms with Crippen LogP contribution in [0.25, 0.3) is 0 Å². The Morgan fingerprint density at radius 2 is 1.60 bits per heavy atom. The highest BCUT2D eigenvalue weighted by Gasteiger charge is 2.33. The van der Waals surface area contributed by atoms with E-state index < -0.39 is 0 Å². The van der Waals surface area contributed by atoms with Gasteiger partial charge in [-0.2, -0.15) is 5.10 Å². The average Bonchev–Trinajstić information content (AvgIpc) is 3.06. The van der Waals surface area contributed by atoms with Crippen LogP contribution in [-0.4, -0.2) is 33.0 Å². The van der Waals surface area contributed by atoms with Gasteiger partial charge in [0.05, 0.1) is 17.7 Å². The fraction of sp³-hybridized carbons (Fsp3) is 0.133. The van der Waals surface area contributed by atoms with Crippen LogP contribution in [0, 0.1) is 0 Å². The molecule has 5 heteroatoms. The Kier molecular flexibility index (Phi) is 3.16. The van der Waals surface area contributed by atoms with E-state index in [1.54, 1.807) is 35.1 Å². The number of aromatic nitrogens is 2. The minimum atomic E-state index is -0.227. The number of fused-ring (bicyclic) bond motifs is 1. The zero-order valence-corrected chi connectivity index (χ0v) is 10.8. The lowest BCUT2D eigenvalue weighted by Crippen LogP contribution is -2.29. The number of hydrogen-bond acceptors (Lipinski definition) is 3. The van der Waals surface area contributed by atoms with Gasteiger partial charge >= 0.3 is 0 Å². The Bertz CT molecular complexity index is 639. The molecule has 0 bridgehead atoms. The van der Waals surface area contributed by atoms with Crippen LogP contribution in [0.5, 0.6) is 0 Å². The predicted molar refractivity (Wildman–Crippen MR) is 73.2 cm³/mol. The van der Waals surface area contributed by atoms with Gasteiger partial charge in [-0.25, -0.2) is 0 Å². The largest absolute Gasteiger partial charge is 0.270 e. The van der Waals surface area contributed by atoms with E-state index in [4.69, 9.17) is 0 Å². The first-order valence-corrected chi connectivity index (χ1v) is 6.35. The molecule has 1 aliphatic heterocycles. The molecule has 1 aromatic carbocycles. The SMILES string of the molecule is O=C1c2ccccc2C(=O)N1CC=CCn1cccn1. The average molecular weight is 267 g/mol. The van der Waals surface area contributed by atoms with Crippen LogP contribution >= 0.6 is 0 Å².